The Balaban J connectivity index is 1.21. The number of methoxy groups -OCH3 is 1. The highest BCUT2D eigenvalue weighted by Gasteiger charge is 2.62. The summed E-state index contributed by atoms with van der Waals surface area (Å²) in [6, 6.07) is 15.9. The number of carbonyl (C=O) groups excluding carboxylic acids is 4. The average Bonchev–Trinajstić information content (AvgIpc) is 4.13. The minimum Gasteiger partial charge on any atom is -0.497 e. The lowest BCUT2D eigenvalue weighted by Gasteiger charge is -2.36. The van der Waals surface area contributed by atoms with Crippen molar-refractivity contribution in [3.8, 4) is 22.8 Å². The molecule has 14 heteroatoms. The van der Waals surface area contributed by atoms with Crippen molar-refractivity contribution in [1.29, 1.82) is 0 Å². The Bertz CT molecular complexity index is 2160. The van der Waals surface area contributed by atoms with E-state index in [9.17, 15) is 27.6 Å². The third-order valence-electron chi connectivity index (χ3n) is 11.9. The van der Waals surface area contributed by atoms with Gasteiger partial charge in [-0.1, -0.05) is 57.2 Å². The smallest absolute Gasteiger partial charge is 0.259 e. The van der Waals surface area contributed by atoms with E-state index in [-0.39, 0.29) is 37.6 Å². The van der Waals surface area contributed by atoms with Crippen LogP contribution in [0.4, 0.5) is 0 Å². The number of nitrogens with one attached hydrogen (secondary N) is 2. The lowest BCUT2D eigenvalue weighted by Crippen LogP contribution is -2.57. The van der Waals surface area contributed by atoms with E-state index in [2.05, 4.69) is 16.6 Å². The fourth-order valence-electron chi connectivity index (χ4n) is 8.14. The van der Waals surface area contributed by atoms with Gasteiger partial charge in [-0.3, -0.25) is 23.9 Å². The van der Waals surface area contributed by atoms with Gasteiger partial charge in [-0.15, -0.1) is 6.58 Å². The molecule has 3 aromatic rings. The van der Waals surface area contributed by atoms with Gasteiger partial charge in [0.1, 0.15) is 29.2 Å². The minimum atomic E-state index is -3.90. The van der Waals surface area contributed by atoms with E-state index in [0.29, 0.717) is 54.0 Å². The molecule has 2 aliphatic carbocycles. The number of likely N-dealkylation sites (tertiary alicyclic amines) is 2. The van der Waals surface area contributed by atoms with E-state index in [0.717, 1.165) is 24.8 Å². The molecule has 4 fully saturated rings. The summed E-state index contributed by atoms with van der Waals surface area (Å²) in [5, 5.41) is 2.94. The van der Waals surface area contributed by atoms with E-state index in [1.54, 1.807) is 7.11 Å². The van der Waals surface area contributed by atoms with Gasteiger partial charge in [0, 0.05) is 54.9 Å². The first-order valence-corrected chi connectivity index (χ1v) is 21.5. The summed E-state index contributed by atoms with van der Waals surface area (Å²) in [6.07, 6.45) is 4.91. The van der Waals surface area contributed by atoms with Crippen LogP contribution in [0.3, 0.4) is 0 Å². The molecule has 2 N–H and O–H groups in total. The summed E-state index contributed by atoms with van der Waals surface area (Å²) in [6.45, 7) is 10.9. The largest absolute Gasteiger partial charge is 0.497 e. The Morgan fingerprint density at radius 3 is 2.39 bits per heavy atom. The Morgan fingerprint density at radius 2 is 1.75 bits per heavy atom. The number of hydrogen-bond donors (Lipinski definition) is 2. The van der Waals surface area contributed by atoms with Crippen LogP contribution in [-0.4, -0.2) is 96.5 Å². The summed E-state index contributed by atoms with van der Waals surface area (Å²) in [5.41, 5.74) is -0.0157. The van der Waals surface area contributed by atoms with Gasteiger partial charge in [-0.25, -0.2) is 13.4 Å². The fraction of sp³-hybridized carbons (Fsp3) is 0.512. The van der Waals surface area contributed by atoms with Crippen molar-refractivity contribution in [1.82, 2.24) is 24.8 Å². The third kappa shape index (κ3) is 8.51. The number of amides is 4. The quantitative estimate of drug-likeness (QED) is 0.227. The number of hydrogen-bond acceptors (Lipinski definition) is 9. The van der Waals surface area contributed by atoms with Crippen LogP contribution in [-0.2, 0) is 29.2 Å². The minimum absolute atomic E-state index is 0.0140. The molecule has 0 unspecified atom stereocenters. The molecule has 2 saturated carbocycles. The monoisotopic (exact) mass is 799 g/mol. The number of pyridine rings is 1. The molecule has 0 radical (unpaired) electrons. The van der Waals surface area contributed by atoms with E-state index in [4.69, 9.17) is 14.5 Å². The summed E-state index contributed by atoms with van der Waals surface area (Å²) in [7, 11) is -2.31. The van der Waals surface area contributed by atoms with Crippen LogP contribution < -0.4 is 19.5 Å². The molecular formula is C43H53N5O8S. The molecule has 0 spiro atoms. The van der Waals surface area contributed by atoms with Crippen molar-refractivity contribution >= 4 is 44.6 Å². The fourth-order valence-corrected chi connectivity index (χ4v) is 9.51. The first-order valence-electron chi connectivity index (χ1n) is 19.9. The molecule has 1 aromatic heterocycles. The number of sulfonamides is 1. The van der Waals surface area contributed by atoms with Gasteiger partial charge in [0.15, 0.2) is 0 Å². The third-order valence-corrected chi connectivity index (χ3v) is 13.7. The van der Waals surface area contributed by atoms with E-state index >= 15 is 0 Å². The highest BCUT2D eigenvalue weighted by molar-refractivity contribution is 7.91. The first kappa shape index (κ1) is 40.2. The highest BCUT2D eigenvalue weighted by Crippen LogP contribution is 2.46. The molecule has 5 atom stereocenters. The molecule has 2 saturated heterocycles. The number of fused-ring (bicyclic) bond motifs is 1. The van der Waals surface area contributed by atoms with Crippen LogP contribution >= 0.6 is 0 Å². The van der Waals surface area contributed by atoms with Crippen LogP contribution in [0.1, 0.15) is 72.1 Å². The number of nitrogens with zero attached hydrogens (tertiary/aromatic N) is 3. The normalized spacial score (nSPS) is 24.0. The molecule has 4 amide bonds. The predicted molar refractivity (Wildman–Crippen MR) is 216 cm³/mol. The van der Waals surface area contributed by atoms with Crippen LogP contribution in [0.25, 0.3) is 22.2 Å². The Kier molecular flexibility index (Phi) is 11.1. The number of aromatic nitrogens is 1. The van der Waals surface area contributed by atoms with Crippen molar-refractivity contribution in [2.24, 2.45) is 17.3 Å². The van der Waals surface area contributed by atoms with Gasteiger partial charge in [0.2, 0.25) is 27.7 Å². The zero-order valence-electron chi connectivity index (χ0n) is 33.2. The summed E-state index contributed by atoms with van der Waals surface area (Å²) < 4.78 is 40.1. The van der Waals surface area contributed by atoms with Gasteiger partial charge in [0.05, 0.1) is 36.0 Å². The molecular weight excluding hydrogens is 747 g/mol. The van der Waals surface area contributed by atoms with Crippen molar-refractivity contribution in [3.63, 3.8) is 0 Å². The molecule has 7 rings (SSSR count). The molecule has 2 aliphatic heterocycles. The molecule has 13 nitrogen and oxygen atoms in total. The van der Waals surface area contributed by atoms with Gasteiger partial charge >= 0.3 is 0 Å². The summed E-state index contributed by atoms with van der Waals surface area (Å²) >= 11 is 0. The molecule has 57 heavy (non-hydrogen) atoms. The molecule has 304 valence electrons. The molecule has 2 aromatic carbocycles. The molecule has 0 bridgehead atoms. The second kappa shape index (κ2) is 15.8. The van der Waals surface area contributed by atoms with E-state index < -0.39 is 62.0 Å². The lowest BCUT2D eigenvalue weighted by molar-refractivity contribution is -0.148. The average molecular weight is 800 g/mol. The maximum absolute atomic E-state index is 14.9. The SMILES string of the molecule is C=C[C@@H]1C[C@]1(NC(=O)[C@@H]1C[C@@H](Oc2cc(-c3ccccc3)nc3cc(OC)ccc23)CN1C(=O)[C@H](CC(=O)N1CCCCC1)C(C)(C)C)C(=O)NS(=O)(=O)C1CC1. The molecule has 4 aliphatic rings. The van der Waals surface area contributed by atoms with Gasteiger partial charge < -0.3 is 24.6 Å². The summed E-state index contributed by atoms with van der Waals surface area (Å²) in [5.74, 6) is -2.03. The van der Waals surface area contributed by atoms with Crippen molar-refractivity contribution in [2.45, 2.75) is 95.1 Å². The maximum Gasteiger partial charge on any atom is 0.259 e. The highest BCUT2D eigenvalue weighted by atomic mass is 32.2. The number of ether oxygens (including phenoxy) is 2. The van der Waals surface area contributed by atoms with Crippen molar-refractivity contribution < 1.29 is 37.1 Å². The van der Waals surface area contributed by atoms with Crippen molar-refractivity contribution in [3.05, 3.63) is 67.3 Å². The van der Waals surface area contributed by atoms with Crippen LogP contribution in [0.15, 0.2) is 67.3 Å². The van der Waals surface area contributed by atoms with Crippen molar-refractivity contribution in [2.75, 3.05) is 26.7 Å². The standard InChI is InChI=1S/C43H53N5O8S/c1-6-28-25-43(28,41(52)46-57(53,54)31-16-17-31)45-39(50)36-22-30(26-48(36)40(51)33(42(2,3)4)23-38(49)47-19-11-8-12-20-47)56-37-24-34(27-13-9-7-10-14-27)44-35-21-29(55-5)15-18-32(35)37/h6-7,9-10,13-15,18,21,24,28,30-31,33,36H,1,8,11-12,16-17,19-20,22-23,25-26H2,2-5H3,(H,45,50)(H,46,52)/t28-,30-,33+,36+,43-/m1/s1. The lowest BCUT2D eigenvalue weighted by atomic mass is 9.77. The van der Waals surface area contributed by atoms with Gasteiger partial charge in [-0.2, -0.15) is 0 Å². The predicted octanol–water partition coefficient (Wildman–Crippen LogP) is 4.99. The number of piperidine rings is 1. The number of benzene rings is 2. The zero-order chi connectivity index (χ0) is 40.7. The van der Waals surface area contributed by atoms with E-state index in [1.165, 1.54) is 11.0 Å². The first-order chi connectivity index (χ1) is 27.1. The van der Waals surface area contributed by atoms with Crippen LogP contribution in [0.5, 0.6) is 11.5 Å². The zero-order valence-corrected chi connectivity index (χ0v) is 34.0. The van der Waals surface area contributed by atoms with Gasteiger partial charge in [0.25, 0.3) is 5.91 Å². The second-order valence-corrected chi connectivity index (χ2v) is 18.9. The summed E-state index contributed by atoms with van der Waals surface area (Å²) in [4.78, 5) is 64.9. The van der Waals surface area contributed by atoms with E-state index in [1.807, 2.05) is 80.3 Å². The topological polar surface area (TPSA) is 164 Å². The molecule has 3 heterocycles. The second-order valence-electron chi connectivity index (χ2n) is 17.0. The van der Waals surface area contributed by atoms with Crippen LogP contribution in [0.2, 0.25) is 0 Å². The van der Waals surface area contributed by atoms with Gasteiger partial charge in [-0.05, 0) is 56.1 Å². The Morgan fingerprint density at radius 1 is 1.04 bits per heavy atom. The number of carbonyl (C=O) groups is 4. The Labute approximate surface area is 334 Å². The number of rotatable bonds is 13. The Hall–Kier alpha value is -4.98. The maximum atomic E-state index is 14.9. The van der Waals surface area contributed by atoms with Crippen LogP contribution in [0, 0.1) is 17.3 Å².